The summed E-state index contributed by atoms with van der Waals surface area (Å²) in [7, 11) is 0. The number of aromatic nitrogens is 1. The highest BCUT2D eigenvalue weighted by Gasteiger charge is 2.10. The molecule has 1 amide bonds. The molecular weight excluding hydrogens is 256 g/mol. The van der Waals surface area contributed by atoms with Gasteiger partial charge >= 0.3 is 5.97 Å². The number of anilines is 1. The molecule has 0 fully saturated rings. The molecule has 0 saturated heterocycles. The van der Waals surface area contributed by atoms with Gasteiger partial charge in [0.25, 0.3) is 5.91 Å². The second-order valence-electron chi connectivity index (χ2n) is 4.27. The Hall–Kier alpha value is -2.56. The van der Waals surface area contributed by atoms with E-state index in [4.69, 9.17) is 4.74 Å². The number of amides is 1. The van der Waals surface area contributed by atoms with Crippen LogP contribution in [0.1, 0.15) is 33.3 Å². The van der Waals surface area contributed by atoms with Gasteiger partial charge in [-0.3, -0.25) is 4.79 Å². The first-order valence-corrected chi connectivity index (χ1v) is 6.34. The molecule has 0 radical (unpaired) electrons. The zero-order valence-corrected chi connectivity index (χ0v) is 11.4. The molecule has 5 nitrogen and oxygen atoms in total. The molecule has 0 aliphatic carbocycles. The smallest absolute Gasteiger partial charge is 0.338 e. The van der Waals surface area contributed by atoms with Gasteiger partial charge in [-0.15, -0.1) is 0 Å². The van der Waals surface area contributed by atoms with E-state index in [1.807, 2.05) is 6.92 Å². The second kappa shape index (κ2) is 6.06. The van der Waals surface area contributed by atoms with Gasteiger partial charge < -0.3 is 15.0 Å². The molecule has 0 bridgehead atoms. The van der Waals surface area contributed by atoms with E-state index in [9.17, 15) is 9.59 Å². The van der Waals surface area contributed by atoms with E-state index in [-0.39, 0.29) is 11.9 Å². The van der Waals surface area contributed by atoms with Gasteiger partial charge in [-0.2, -0.15) is 0 Å². The van der Waals surface area contributed by atoms with Crippen LogP contribution in [0, 0.1) is 6.92 Å². The van der Waals surface area contributed by atoms with Crippen LogP contribution in [0.25, 0.3) is 0 Å². The number of esters is 1. The lowest BCUT2D eigenvalue weighted by Crippen LogP contribution is -2.12. The lowest BCUT2D eigenvalue weighted by atomic mass is 10.2. The molecule has 2 N–H and O–H groups in total. The third-order valence-corrected chi connectivity index (χ3v) is 2.85. The standard InChI is InChI=1S/C15H16N2O3/c1-3-20-15(19)11-4-6-12(7-5-11)17-14(18)13-8-9-16-10(13)2/h4-9,16H,3H2,1-2H3,(H,17,18). The average molecular weight is 272 g/mol. The minimum Gasteiger partial charge on any atom is -0.462 e. The van der Waals surface area contributed by atoms with Crippen LogP contribution in [-0.2, 0) is 4.74 Å². The van der Waals surface area contributed by atoms with Gasteiger partial charge in [0, 0.05) is 17.6 Å². The second-order valence-corrected chi connectivity index (χ2v) is 4.27. The molecule has 2 aromatic rings. The predicted octanol–water partition coefficient (Wildman–Crippen LogP) is 2.75. The van der Waals surface area contributed by atoms with Crippen LogP contribution < -0.4 is 5.32 Å². The maximum atomic E-state index is 12.0. The highest BCUT2D eigenvalue weighted by Crippen LogP contribution is 2.13. The van der Waals surface area contributed by atoms with E-state index in [2.05, 4.69) is 10.3 Å². The summed E-state index contributed by atoms with van der Waals surface area (Å²) in [6.07, 6.45) is 1.72. The van der Waals surface area contributed by atoms with Crippen LogP contribution in [0.5, 0.6) is 0 Å². The number of aromatic amines is 1. The molecule has 0 spiro atoms. The van der Waals surface area contributed by atoms with Gasteiger partial charge in [-0.1, -0.05) is 0 Å². The summed E-state index contributed by atoms with van der Waals surface area (Å²) >= 11 is 0. The van der Waals surface area contributed by atoms with Crippen LogP contribution in [0.3, 0.4) is 0 Å². The van der Waals surface area contributed by atoms with E-state index in [1.54, 1.807) is 43.5 Å². The zero-order chi connectivity index (χ0) is 14.5. The van der Waals surface area contributed by atoms with E-state index < -0.39 is 0 Å². The molecule has 0 unspecified atom stereocenters. The lowest BCUT2D eigenvalue weighted by molar-refractivity contribution is 0.0526. The molecule has 104 valence electrons. The number of carbonyl (C=O) groups excluding carboxylic acids is 2. The summed E-state index contributed by atoms with van der Waals surface area (Å²) in [5.41, 5.74) is 2.50. The minimum atomic E-state index is -0.369. The van der Waals surface area contributed by atoms with Crippen molar-refractivity contribution in [2.24, 2.45) is 0 Å². The van der Waals surface area contributed by atoms with E-state index in [0.29, 0.717) is 23.4 Å². The van der Waals surface area contributed by atoms with Crippen molar-refractivity contribution in [1.82, 2.24) is 4.98 Å². The molecule has 20 heavy (non-hydrogen) atoms. The molecule has 5 heteroatoms. The Morgan fingerprint density at radius 3 is 2.45 bits per heavy atom. The quantitative estimate of drug-likeness (QED) is 0.841. The maximum absolute atomic E-state index is 12.0. The van der Waals surface area contributed by atoms with E-state index in [1.165, 1.54) is 0 Å². The largest absolute Gasteiger partial charge is 0.462 e. The number of ether oxygens (including phenoxy) is 1. The van der Waals surface area contributed by atoms with Crippen LogP contribution >= 0.6 is 0 Å². The van der Waals surface area contributed by atoms with Gasteiger partial charge in [0.1, 0.15) is 0 Å². The number of hydrogen-bond donors (Lipinski definition) is 2. The van der Waals surface area contributed by atoms with Crippen LogP contribution in [0.4, 0.5) is 5.69 Å². The van der Waals surface area contributed by atoms with Crippen molar-refractivity contribution in [1.29, 1.82) is 0 Å². The summed E-state index contributed by atoms with van der Waals surface area (Å²) in [6.45, 7) is 3.93. The Balaban J connectivity index is 2.06. The Kier molecular flexibility index (Phi) is 4.20. The summed E-state index contributed by atoms with van der Waals surface area (Å²) in [6, 6.07) is 8.31. The summed E-state index contributed by atoms with van der Waals surface area (Å²) in [5.74, 6) is -0.556. The molecule has 2 rings (SSSR count). The molecular formula is C15H16N2O3. The van der Waals surface area contributed by atoms with Gasteiger partial charge in [0.2, 0.25) is 0 Å². The van der Waals surface area contributed by atoms with Crippen molar-refractivity contribution in [2.45, 2.75) is 13.8 Å². The first-order valence-electron chi connectivity index (χ1n) is 6.34. The summed E-state index contributed by atoms with van der Waals surface area (Å²) in [4.78, 5) is 26.4. The van der Waals surface area contributed by atoms with Crippen molar-refractivity contribution >= 4 is 17.6 Å². The highest BCUT2D eigenvalue weighted by molar-refractivity contribution is 6.05. The number of nitrogens with one attached hydrogen (secondary N) is 2. The third kappa shape index (κ3) is 3.06. The van der Waals surface area contributed by atoms with Gasteiger partial charge in [-0.25, -0.2) is 4.79 Å². The number of benzene rings is 1. The van der Waals surface area contributed by atoms with Gasteiger partial charge in [-0.05, 0) is 44.2 Å². The Labute approximate surface area is 117 Å². The average Bonchev–Trinajstić information content (AvgIpc) is 2.86. The first-order chi connectivity index (χ1) is 9.61. The Morgan fingerprint density at radius 1 is 1.20 bits per heavy atom. The molecule has 1 heterocycles. The summed E-state index contributed by atoms with van der Waals surface area (Å²) in [5, 5.41) is 2.77. The van der Waals surface area contributed by atoms with Crippen molar-refractivity contribution in [3.05, 3.63) is 53.3 Å². The molecule has 0 saturated carbocycles. The lowest BCUT2D eigenvalue weighted by Gasteiger charge is -2.06. The van der Waals surface area contributed by atoms with Gasteiger partial charge in [0.15, 0.2) is 0 Å². The molecule has 0 aliphatic heterocycles. The fourth-order valence-electron chi connectivity index (χ4n) is 1.80. The zero-order valence-electron chi connectivity index (χ0n) is 11.4. The fourth-order valence-corrected chi connectivity index (χ4v) is 1.80. The summed E-state index contributed by atoms with van der Waals surface area (Å²) < 4.78 is 4.89. The van der Waals surface area contributed by atoms with Crippen molar-refractivity contribution in [2.75, 3.05) is 11.9 Å². The molecule has 0 aliphatic rings. The van der Waals surface area contributed by atoms with E-state index >= 15 is 0 Å². The first kappa shape index (κ1) is 13.9. The van der Waals surface area contributed by atoms with Crippen LogP contribution in [-0.4, -0.2) is 23.5 Å². The Morgan fingerprint density at radius 2 is 1.90 bits per heavy atom. The number of rotatable bonds is 4. The number of hydrogen-bond acceptors (Lipinski definition) is 3. The van der Waals surface area contributed by atoms with Crippen molar-refractivity contribution < 1.29 is 14.3 Å². The molecule has 1 aromatic heterocycles. The van der Waals surface area contributed by atoms with E-state index in [0.717, 1.165) is 5.69 Å². The van der Waals surface area contributed by atoms with Crippen LogP contribution in [0.15, 0.2) is 36.5 Å². The monoisotopic (exact) mass is 272 g/mol. The van der Waals surface area contributed by atoms with Crippen LogP contribution in [0.2, 0.25) is 0 Å². The normalized spacial score (nSPS) is 10.1. The third-order valence-electron chi connectivity index (χ3n) is 2.85. The SMILES string of the molecule is CCOC(=O)c1ccc(NC(=O)c2cc[nH]c2C)cc1. The number of carbonyl (C=O) groups is 2. The fraction of sp³-hybridized carbons (Fsp3) is 0.200. The topological polar surface area (TPSA) is 71.2 Å². The predicted molar refractivity (Wildman–Crippen MR) is 75.9 cm³/mol. The highest BCUT2D eigenvalue weighted by atomic mass is 16.5. The maximum Gasteiger partial charge on any atom is 0.338 e. The minimum absolute atomic E-state index is 0.187. The van der Waals surface area contributed by atoms with Gasteiger partial charge in [0.05, 0.1) is 17.7 Å². The van der Waals surface area contributed by atoms with Crippen molar-refractivity contribution in [3.63, 3.8) is 0 Å². The number of H-pyrrole nitrogens is 1. The van der Waals surface area contributed by atoms with Crippen molar-refractivity contribution in [3.8, 4) is 0 Å². The number of aryl methyl sites for hydroxylation is 1. The molecule has 0 atom stereocenters. The Bertz CT molecular complexity index is 614. The molecule has 1 aromatic carbocycles.